The predicted molar refractivity (Wildman–Crippen MR) is 50.5 cm³/mol. The molecular weight excluding hydrogens is 237 g/mol. The molecule has 3 atom stereocenters. The first-order chi connectivity index (χ1) is 5.65. The zero-order valence-corrected chi connectivity index (χ0v) is 11.8. The molecule has 2 heteroatoms. The van der Waals surface area contributed by atoms with E-state index >= 15 is 0 Å². The van der Waals surface area contributed by atoms with Gasteiger partial charge in [0.2, 0.25) is 0 Å². The van der Waals surface area contributed by atoms with Crippen LogP contribution in [0.3, 0.4) is 0 Å². The Balaban J connectivity index is 0.00000144. The quantitative estimate of drug-likeness (QED) is 0.694. The average Bonchev–Trinajstić information content (AvgIpc) is 2.03. The molecule has 1 rings (SSSR count). The van der Waals surface area contributed by atoms with Gasteiger partial charge in [0.05, 0.1) is 0 Å². The van der Waals surface area contributed by atoms with Crippen LogP contribution >= 0.6 is 0 Å². The van der Waals surface area contributed by atoms with Gasteiger partial charge in [-0.1, -0.05) is 46.0 Å². The Morgan fingerprint density at radius 1 is 1.31 bits per heavy atom. The zero-order valence-electron chi connectivity index (χ0n) is 8.92. The molecule has 1 aliphatic carbocycles. The molecule has 0 heterocycles. The van der Waals surface area contributed by atoms with Crippen molar-refractivity contribution in [3.8, 4) is 0 Å². The Morgan fingerprint density at radius 3 is 2.38 bits per heavy atom. The summed E-state index contributed by atoms with van der Waals surface area (Å²) in [7, 11) is 0. The average molecular weight is 256 g/mol. The molecule has 1 radical (unpaired) electrons. The maximum Gasteiger partial charge on any atom is 0 e. The van der Waals surface area contributed by atoms with E-state index in [1.165, 1.54) is 12.8 Å². The number of hydrogen-bond acceptors (Lipinski definition) is 1. The van der Waals surface area contributed by atoms with Crippen LogP contribution in [-0.2, 0) is 37.5 Å². The third-order valence-electron chi connectivity index (χ3n) is 3.17. The van der Waals surface area contributed by atoms with Gasteiger partial charge >= 0.3 is 0 Å². The largest absolute Gasteiger partial charge is 0.542 e. The van der Waals surface area contributed by atoms with Gasteiger partial charge in [-0.3, -0.25) is 6.29 Å². The van der Waals surface area contributed by atoms with Gasteiger partial charge < -0.3 is 4.79 Å². The maximum atomic E-state index is 10.7. The monoisotopic (exact) mass is 256 g/mol. The van der Waals surface area contributed by atoms with Crippen molar-refractivity contribution in [2.24, 2.45) is 23.7 Å². The van der Waals surface area contributed by atoms with Crippen LogP contribution in [-0.4, -0.2) is 6.29 Å². The summed E-state index contributed by atoms with van der Waals surface area (Å²) >= 11 is 0. The molecule has 1 saturated carbocycles. The number of carbonyl (C=O) groups excluding carboxylic acids is 1. The van der Waals surface area contributed by atoms with Crippen LogP contribution in [0.1, 0.15) is 40.0 Å². The van der Waals surface area contributed by atoms with Gasteiger partial charge in [0.1, 0.15) is 0 Å². The molecule has 1 aliphatic rings. The van der Waals surface area contributed by atoms with Crippen LogP contribution in [0.2, 0.25) is 0 Å². The summed E-state index contributed by atoms with van der Waals surface area (Å²) in [6, 6.07) is 0. The molecule has 0 amide bonds. The van der Waals surface area contributed by atoms with Crippen molar-refractivity contribution in [3.63, 3.8) is 0 Å². The second-order valence-electron chi connectivity index (χ2n) is 4.55. The van der Waals surface area contributed by atoms with Crippen LogP contribution < -0.4 is 0 Å². The maximum absolute atomic E-state index is 10.7. The summed E-state index contributed by atoms with van der Waals surface area (Å²) < 4.78 is 0. The first-order valence-electron chi connectivity index (χ1n) is 5.02. The van der Waals surface area contributed by atoms with Crippen LogP contribution in [0.4, 0.5) is 0 Å². The Bertz CT molecular complexity index is 156. The van der Waals surface area contributed by atoms with Crippen molar-refractivity contribution >= 4 is 6.29 Å². The van der Waals surface area contributed by atoms with E-state index in [4.69, 9.17) is 0 Å². The molecule has 0 aromatic rings. The first kappa shape index (κ1) is 13.8. The summed E-state index contributed by atoms with van der Waals surface area (Å²) in [5, 5.41) is 0. The SMILES string of the molecule is CC(C)[C@@H]1CC[C@@H](C)C[C@H]1[C-]=O.[Y]. The van der Waals surface area contributed by atoms with Gasteiger partial charge in [-0.25, -0.2) is 0 Å². The molecule has 1 fully saturated rings. The number of rotatable bonds is 2. The fourth-order valence-electron chi connectivity index (χ4n) is 2.34. The van der Waals surface area contributed by atoms with Crippen LogP contribution in [0, 0.1) is 23.7 Å². The Labute approximate surface area is 107 Å². The minimum absolute atomic E-state index is 0. The number of hydrogen-bond donors (Lipinski definition) is 0. The smallest absolute Gasteiger partial charge is 0 e. The standard InChI is InChI=1S/C11H19O.Y/c1-8(2)11-5-4-9(3)6-10(11)7-12;/h8-11H,4-6H2,1-3H3;/q-1;/t9-,10+,11+;/m1./s1. The molecule has 1 nitrogen and oxygen atoms in total. The second kappa shape index (κ2) is 6.29. The van der Waals surface area contributed by atoms with Crippen LogP contribution in [0.5, 0.6) is 0 Å². The fourth-order valence-corrected chi connectivity index (χ4v) is 2.34. The fraction of sp³-hybridized carbons (Fsp3) is 0.909. The van der Waals surface area contributed by atoms with E-state index in [-0.39, 0.29) is 38.6 Å². The molecular formula is C11H19OY-. The third kappa shape index (κ3) is 3.79. The minimum Gasteiger partial charge on any atom is -0.542 e. The van der Waals surface area contributed by atoms with Crippen LogP contribution in [0.15, 0.2) is 0 Å². The van der Waals surface area contributed by atoms with Gasteiger partial charge in [0.25, 0.3) is 0 Å². The van der Waals surface area contributed by atoms with E-state index in [1.807, 2.05) is 0 Å². The van der Waals surface area contributed by atoms with Crippen molar-refractivity contribution in [2.75, 3.05) is 0 Å². The normalized spacial score (nSPS) is 34.0. The molecule has 0 aromatic carbocycles. The van der Waals surface area contributed by atoms with Gasteiger partial charge in [-0.05, 0) is 11.8 Å². The predicted octanol–water partition coefficient (Wildman–Crippen LogP) is 2.80. The molecule has 0 spiro atoms. The summed E-state index contributed by atoms with van der Waals surface area (Å²) in [5.74, 6) is 2.18. The second-order valence-corrected chi connectivity index (χ2v) is 4.55. The topological polar surface area (TPSA) is 17.1 Å². The Hall–Kier alpha value is 0.774. The Morgan fingerprint density at radius 2 is 1.92 bits per heavy atom. The minimum atomic E-state index is 0. The van der Waals surface area contributed by atoms with Gasteiger partial charge in [0.15, 0.2) is 0 Å². The first-order valence-corrected chi connectivity index (χ1v) is 5.02. The van der Waals surface area contributed by atoms with E-state index in [0.29, 0.717) is 11.8 Å². The Kier molecular flexibility index (Phi) is 6.67. The molecule has 0 N–H and O–H groups in total. The van der Waals surface area contributed by atoms with Crippen molar-refractivity contribution in [2.45, 2.75) is 40.0 Å². The molecule has 0 bridgehead atoms. The van der Waals surface area contributed by atoms with E-state index in [1.54, 1.807) is 0 Å². The summed E-state index contributed by atoms with van der Waals surface area (Å²) in [4.78, 5) is 10.7. The summed E-state index contributed by atoms with van der Waals surface area (Å²) in [5.41, 5.74) is 0. The van der Waals surface area contributed by atoms with E-state index in [0.717, 1.165) is 12.3 Å². The molecule has 0 aromatic heterocycles. The molecule has 73 valence electrons. The molecule has 0 saturated heterocycles. The van der Waals surface area contributed by atoms with Gasteiger partial charge in [-0.15, -0.1) is 5.92 Å². The van der Waals surface area contributed by atoms with Crippen molar-refractivity contribution in [1.82, 2.24) is 0 Å². The summed E-state index contributed by atoms with van der Waals surface area (Å²) in [6.45, 7) is 6.66. The molecule has 0 unspecified atom stereocenters. The zero-order chi connectivity index (χ0) is 9.14. The van der Waals surface area contributed by atoms with Gasteiger partial charge in [0, 0.05) is 32.7 Å². The molecule has 13 heavy (non-hydrogen) atoms. The summed E-state index contributed by atoms with van der Waals surface area (Å²) in [6.07, 6.45) is 5.79. The van der Waals surface area contributed by atoms with E-state index in [2.05, 4.69) is 27.1 Å². The van der Waals surface area contributed by atoms with Crippen molar-refractivity contribution in [3.05, 3.63) is 0 Å². The van der Waals surface area contributed by atoms with Crippen molar-refractivity contribution < 1.29 is 37.5 Å². The molecule has 0 aliphatic heterocycles. The van der Waals surface area contributed by atoms with E-state index < -0.39 is 0 Å². The van der Waals surface area contributed by atoms with E-state index in [9.17, 15) is 4.79 Å². The third-order valence-corrected chi connectivity index (χ3v) is 3.17. The van der Waals surface area contributed by atoms with Gasteiger partial charge in [-0.2, -0.15) is 0 Å². The van der Waals surface area contributed by atoms with Crippen molar-refractivity contribution in [1.29, 1.82) is 0 Å². The van der Waals surface area contributed by atoms with Crippen LogP contribution in [0.25, 0.3) is 0 Å².